The zero-order valence-corrected chi connectivity index (χ0v) is 24.3. The monoisotopic (exact) mass is 562 g/mol. The SMILES string of the molecule is CC(C)(C)OC(=O)N[C@@H](Cc1ccccc1)[C@H]1CN(C(=O)Nc2ccccc2)[C@@H](c2ccccc2)c2ccccc2N1. The van der Waals surface area contributed by atoms with Gasteiger partial charge in [-0.25, -0.2) is 9.59 Å². The summed E-state index contributed by atoms with van der Waals surface area (Å²) in [6.45, 7) is 5.86. The molecule has 3 N–H and O–H groups in total. The fraction of sp³-hybridized carbons (Fsp3) is 0.257. The van der Waals surface area contributed by atoms with Gasteiger partial charge in [-0.2, -0.15) is 0 Å². The normalized spacial score (nSPS) is 17.2. The summed E-state index contributed by atoms with van der Waals surface area (Å²) in [5.41, 5.74) is 4.02. The largest absolute Gasteiger partial charge is 0.444 e. The maximum atomic E-state index is 14.1. The molecular formula is C35H38N4O3. The number of anilines is 2. The Hall–Kier alpha value is -4.78. The molecule has 1 aliphatic heterocycles. The fourth-order valence-electron chi connectivity index (χ4n) is 5.36. The summed E-state index contributed by atoms with van der Waals surface area (Å²) < 4.78 is 5.67. The highest BCUT2D eigenvalue weighted by Gasteiger charge is 2.37. The predicted octanol–water partition coefficient (Wildman–Crippen LogP) is 7.24. The summed E-state index contributed by atoms with van der Waals surface area (Å²) in [7, 11) is 0. The first-order valence-corrected chi connectivity index (χ1v) is 14.3. The van der Waals surface area contributed by atoms with E-state index in [1.807, 2.05) is 135 Å². The van der Waals surface area contributed by atoms with Gasteiger partial charge >= 0.3 is 12.1 Å². The van der Waals surface area contributed by atoms with Crippen LogP contribution in [-0.4, -0.2) is 41.3 Å². The molecule has 0 saturated carbocycles. The van der Waals surface area contributed by atoms with Crippen LogP contribution in [0.4, 0.5) is 21.0 Å². The lowest BCUT2D eigenvalue weighted by atomic mass is 9.96. The van der Waals surface area contributed by atoms with Crippen molar-refractivity contribution in [2.75, 3.05) is 17.2 Å². The van der Waals surface area contributed by atoms with Gasteiger partial charge in [-0.3, -0.25) is 0 Å². The highest BCUT2D eigenvalue weighted by atomic mass is 16.6. The second-order valence-corrected chi connectivity index (χ2v) is 11.5. The second-order valence-electron chi connectivity index (χ2n) is 11.5. The molecule has 3 amide bonds. The molecule has 4 aromatic carbocycles. The fourth-order valence-corrected chi connectivity index (χ4v) is 5.36. The van der Waals surface area contributed by atoms with Crippen molar-refractivity contribution < 1.29 is 14.3 Å². The van der Waals surface area contributed by atoms with Crippen molar-refractivity contribution in [3.05, 3.63) is 132 Å². The van der Waals surface area contributed by atoms with Crippen LogP contribution in [-0.2, 0) is 11.2 Å². The number of para-hydroxylation sites is 2. The number of rotatable bonds is 6. The molecular weight excluding hydrogens is 524 g/mol. The van der Waals surface area contributed by atoms with Gasteiger partial charge in [0.1, 0.15) is 5.60 Å². The molecule has 1 aliphatic rings. The van der Waals surface area contributed by atoms with Gasteiger partial charge in [0.15, 0.2) is 0 Å². The minimum Gasteiger partial charge on any atom is -0.444 e. The first kappa shape index (κ1) is 28.7. The van der Waals surface area contributed by atoms with Crippen LogP contribution in [0.5, 0.6) is 0 Å². The molecule has 4 aromatic rings. The van der Waals surface area contributed by atoms with Gasteiger partial charge in [0, 0.05) is 23.5 Å². The van der Waals surface area contributed by atoms with E-state index in [4.69, 9.17) is 4.74 Å². The van der Waals surface area contributed by atoms with Gasteiger partial charge in [0.25, 0.3) is 0 Å². The smallest absolute Gasteiger partial charge is 0.407 e. The summed E-state index contributed by atoms with van der Waals surface area (Å²) in [5.74, 6) is 0. The van der Waals surface area contributed by atoms with E-state index in [1.165, 1.54) is 0 Å². The van der Waals surface area contributed by atoms with E-state index in [1.54, 1.807) is 0 Å². The number of nitrogens with one attached hydrogen (secondary N) is 3. The minimum atomic E-state index is -0.648. The Bertz CT molecular complexity index is 1470. The molecule has 0 saturated heterocycles. The Morgan fingerprint density at radius 3 is 2.12 bits per heavy atom. The van der Waals surface area contributed by atoms with Gasteiger partial charge < -0.3 is 25.6 Å². The third-order valence-electron chi connectivity index (χ3n) is 7.19. The van der Waals surface area contributed by atoms with E-state index in [2.05, 4.69) is 22.0 Å². The first-order chi connectivity index (χ1) is 20.3. The maximum absolute atomic E-state index is 14.1. The Morgan fingerprint density at radius 2 is 1.45 bits per heavy atom. The molecule has 3 atom stereocenters. The molecule has 5 rings (SSSR count). The van der Waals surface area contributed by atoms with Crippen molar-refractivity contribution in [3.8, 4) is 0 Å². The lowest BCUT2D eigenvalue weighted by Gasteiger charge is -2.35. The molecule has 7 nitrogen and oxygen atoms in total. The number of benzene rings is 4. The summed E-state index contributed by atoms with van der Waals surface area (Å²) in [4.78, 5) is 29.1. The van der Waals surface area contributed by atoms with Gasteiger partial charge in [-0.1, -0.05) is 97.1 Å². The molecule has 0 bridgehead atoms. The van der Waals surface area contributed by atoms with Crippen LogP contribution in [0.15, 0.2) is 115 Å². The molecule has 216 valence electrons. The van der Waals surface area contributed by atoms with E-state index < -0.39 is 17.7 Å². The van der Waals surface area contributed by atoms with Gasteiger partial charge in [0.2, 0.25) is 0 Å². The molecule has 0 fully saturated rings. The minimum absolute atomic E-state index is 0.228. The molecule has 42 heavy (non-hydrogen) atoms. The van der Waals surface area contributed by atoms with Gasteiger partial charge in [-0.15, -0.1) is 0 Å². The van der Waals surface area contributed by atoms with Crippen LogP contribution < -0.4 is 16.0 Å². The van der Waals surface area contributed by atoms with Crippen LogP contribution in [0.25, 0.3) is 0 Å². The van der Waals surface area contributed by atoms with Crippen LogP contribution in [0.2, 0.25) is 0 Å². The number of nitrogens with zero attached hydrogens (tertiary/aromatic N) is 1. The number of hydrogen-bond acceptors (Lipinski definition) is 4. The summed E-state index contributed by atoms with van der Waals surface area (Å²) in [5, 5.41) is 9.93. The third kappa shape index (κ3) is 7.29. The van der Waals surface area contributed by atoms with Crippen molar-refractivity contribution in [3.63, 3.8) is 0 Å². The number of carbonyl (C=O) groups is 2. The van der Waals surface area contributed by atoms with Crippen molar-refractivity contribution in [2.24, 2.45) is 0 Å². The number of urea groups is 1. The highest BCUT2D eigenvalue weighted by Crippen LogP contribution is 2.37. The third-order valence-corrected chi connectivity index (χ3v) is 7.19. The van der Waals surface area contributed by atoms with Crippen LogP contribution in [0, 0.1) is 0 Å². The van der Waals surface area contributed by atoms with Crippen LogP contribution in [0.3, 0.4) is 0 Å². The number of hydrogen-bond donors (Lipinski definition) is 3. The zero-order valence-electron chi connectivity index (χ0n) is 24.3. The van der Waals surface area contributed by atoms with Crippen molar-refractivity contribution >= 4 is 23.5 Å². The molecule has 1 heterocycles. The lowest BCUT2D eigenvalue weighted by Crippen LogP contribution is -2.54. The van der Waals surface area contributed by atoms with Crippen LogP contribution in [0.1, 0.15) is 43.5 Å². The van der Waals surface area contributed by atoms with E-state index in [-0.39, 0.29) is 18.1 Å². The number of fused-ring (bicyclic) bond motifs is 1. The average Bonchev–Trinajstić information content (AvgIpc) is 3.15. The van der Waals surface area contributed by atoms with E-state index >= 15 is 0 Å². The first-order valence-electron chi connectivity index (χ1n) is 14.3. The average molecular weight is 563 g/mol. The highest BCUT2D eigenvalue weighted by molar-refractivity contribution is 5.90. The Balaban J connectivity index is 1.56. The lowest BCUT2D eigenvalue weighted by molar-refractivity contribution is 0.0496. The molecule has 0 aliphatic carbocycles. The number of ether oxygens (including phenoxy) is 1. The standard InChI is InChI=1S/C35H38N4O3/c1-35(2,3)42-34(41)38-30(23-25-15-7-4-8-16-25)31-24-39(33(40)36-27-19-11-6-12-20-27)32(26-17-9-5-10-18-26)28-21-13-14-22-29(28)37-31/h4-22,30-32,37H,23-24H2,1-3H3,(H,36,40)(H,38,41)/t30-,31+,32-/m0/s1. The Morgan fingerprint density at radius 1 is 0.857 bits per heavy atom. The van der Waals surface area contributed by atoms with Crippen molar-refractivity contribution in [2.45, 2.75) is 50.9 Å². The Kier molecular flexibility index (Phi) is 8.77. The second kappa shape index (κ2) is 12.8. The molecule has 0 radical (unpaired) electrons. The predicted molar refractivity (Wildman–Crippen MR) is 168 cm³/mol. The van der Waals surface area contributed by atoms with Crippen LogP contribution >= 0.6 is 0 Å². The zero-order chi connectivity index (χ0) is 29.5. The summed E-state index contributed by atoms with van der Waals surface area (Å²) >= 11 is 0. The summed E-state index contributed by atoms with van der Waals surface area (Å²) in [6.07, 6.45) is 0.0482. The molecule has 0 spiro atoms. The van der Waals surface area contributed by atoms with E-state index in [0.29, 0.717) is 18.7 Å². The maximum Gasteiger partial charge on any atom is 0.407 e. The molecule has 0 unspecified atom stereocenters. The van der Waals surface area contributed by atoms with Gasteiger partial charge in [0.05, 0.1) is 18.1 Å². The Labute approximate surface area is 247 Å². The molecule has 7 heteroatoms. The van der Waals surface area contributed by atoms with Gasteiger partial charge in [-0.05, 0) is 56.5 Å². The number of carbonyl (C=O) groups excluding carboxylic acids is 2. The van der Waals surface area contributed by atoms with Crippen molar-refractivity contribution in [1.82, 2.24) is 10.2 Å². The van der Waals surface area contributed by atoms with E-state index in [0.717, 1.165) is 22.4 Å². The molecule has 0 aromatic heterocycles. The van der Waals surface area contributed by atoms with Crippen molar-refractivity contribution in [1.29, 1.82) is 0 Å². The summed E-state index contributed by atoms with van der Waals surface area (Å²) in [6, 6.07) is 36.3. The van der Waals surface area contributed by atoms with E-state index in [9.17, 15) is 9.59 Å². The topological polar surface area (TPSA) is 82.7 Å². The number of amides is 3. The quantitative estimate of drug-likeness (QED) is 0.231. The number of alkyl carbamates (subject to hydrolysis) is 1.